The maximum atomic E-state index is 10.7. The molecule has 1 atom stereocenters. The Balaban J connectivity index is 0.000000436. The second-order valence-electron chi connectivity index (χ2n) is 9.88. The summed E-state index contributed by atoms with van der Waals surface area (Å²) >= 11 is 0. The molecule has 1 aliphatic rings. The fourth-order valence-electron chi connectivity index (χ4n) is 4.57. The summed E-state index contributed by atoms with van der Waals surface area (Å²) < 4.78 is 61.4. The molecular weight excluding hydrogens is 513 g/mol. The maximum Gasteiger partial charge on any atom is 0.485 e. The van der Waals surface area contributed by atoms with Gasteiger partial charge in [0.2, 0.25) is 6.34 Å². The van der Waals surface area contributed by atoms with Crippen LogP contribution in [0.3, 0.4) is 0 Å². The average molecular weight is 547 g/mol. The van der Waals surface area contributed by atoms with E-state index in [4.69, 9.17) is 13.0 Å². The van der Waals surface area contributed by atoms with Gasteiger partial charge in [0.1, 0.15) is 17.9 Å². The van der Waals surface area contributed by atoms with Gasteiger partial charge < -0.3 is 4.55 Å². The van der Waals surface area contributed by atoms with Gasteiger partial charge in [-0.25, -0.2) is 17.9 Å². The van der Waals surface area contributed by atoms with Crippen molar-refractivity contribution in [1.82, 2.24) is 0 Å². The van der Waals surface area contributed by atoms with Crippen molar-refractivity contribution < 1.29 is 30.7 Å². The summed E-state index contributed by atoms with van der Waals surface area (Å²) in [7, 11) is -6.09. The van der Waals surface area contributed by atoms with Crippen molar-refractivity contribution in [3.05, 3.63) is 95.1 Å². The lowest BCUT2D eigenvalue weighted by molar-refractivity contribution is -0.430. The molecule has 3 aromatic carbocycles. The normalized spacial score (nSPS) is 15.9. The van der Waals surface area contributed by atoms with Gasteiger partial charge in [0.05, 0.1) is 0 Å². The van der Waals surface area contributed by atoms with E-state index >= 15 is 0 Å². The van der Waals surface area contributed by atoms with Crippen molar-refractivity contribution in [3.63, 3.8) is 0 Å². The zero-order valence-electron chi connectivity index (χ0n) is 22.1. The van der Waals surface area contributed by atoms with Crippen LogP contribution in [0.15, 0.2) is 72.8 Å². The summed E-state index contributed by atoms with van der Waals surface area (Å²) in [6.45, 7) is 12.3. The summed E-state index contributed by atoms with van der Waals surface area (Å²) in [5.74, 6) is 0.963. The molecule has 0 aromatic heterocycles. The molecule has 3 aromatic rings. The number of benzene rings is 3. The Bertz CT molecular complexity index is 1360. The molecule has 0 bridgehead atoms. The second-order valence-corrected chi connectivity index (χ2v) is 11.3. The fourth-order valence-corrected chi connectivity index (χ4v) is 4.57. The molecule has 0 amide bonds. The van der Waals surface area contributed by atoms with E-state index in [1.165, 1.54) is 33.6 Å². The number of halogens is 3. The van der Waals surface area contributed by atoms with Crippen LogP contribution in [0.25, 0.3) is 0 Å². The van der Waals surface area contributed by atoms with Gasteiger partial charge in [0.15, 0.2) is 16.2 Å². The highest BCUT2D eigenvalue weighted by Crippen LogP contribution is 2.39. The van der Waals surface area contributed by atoms with Gasteiger partial charge in [0.25, 0.3) is 0 Å². The van der Waals surface area contributed by atoms with Crippen LogP contribution in [0, 0.1) is 6.92 Å². The van der Waals surface area contributed by atoms with E-state index in [0.717, 1.165) is 6.54 Å². The van der Waals surface area contributed by atoms with E-state index in [-0.39, 0.29) is 6.04 Å². The minimum atomic E-state index is -6.09. The molecule has 0 spiro atoms. The minimum absolute atomic E-state index is 0.285. The van der Waals surface area contributed by atoms with Crippen LogP contribution < -0.4 is 4.90 Å². The number of nitrogens with zero attached hydrogens (tertiary/aromatic N) is 2. The summed E-state index contributed by atoms with van der Waals surface area (Å²) in [6, 6.07) is 26.7. The Hall–Kier alpha value is -3.17. The molecule has 0 fully saturated rings. The highest BCUT2D eigenvalue weighted by molar-refractivity contribution is 7.86. The monoisotopic (exact) mass is 546 g/mol. The lowest BCUT2D eigenvalue weighted by Crippen LogP contribution is -2.24. The van der Waals surface area contributed by atoms with E-state index in [9.17, 15) is 13.2 Å². The van der Waals surface area contributed by atoms with Crippen LogP contribution in [0.1, 0.15) is 67.8 Å². The molecule has 38 heavy (non-hydrogen) atoms. The van der Waals surface area contributed by atoms with E-state index < -0.39 is 15.6 Å². The van der Waals surface area contributed by atoms with Gasteiger partial charge in [0, 0.05) is 16.7 Å². The first-order valence-corrected chi connectivity index (χ1v) is 13.8. The van der Waals surface area contributed by atoms with E-state index in [2.05, 4.69) is 123 Å². The third kappa shape index (κ3) is 6.63. The van der Waals surface area contributed by atoms with Gasteiger partial charge in [-0.3, -0.25) is 0 Å². The van der Waals surface area contributed by atoms with Crippen molar-refractivity contribution in [3.8, 4) is 0 Å². The van der Waals surface area contributed by atoms with Gasteiger partial charge >= 0.3 is 5.51 Å². The predicted octanol–water partition coefficient (Wildman–Crippen LogP) is 7.23. The number of hydrogen-bond acceptors (Lipinski definition) is 4. The number of hydrogen-bond donors (Lipinski definition) is 0. The summed E-state index contributed by atoms with van der Waals surface area (Å²) in [5.41, 5.74) is 2.53. The summed E-state index contributed by atoms with van der Waals surface area (Å²) in [5, 5.41) is 0. The number of rotatable bonds is 5. The van der Waals surface area contributed by atoms with Crippen molar-refractivity contribution >= 4 is 27.8 Å². The number of alkyl halides is 3. The molecule has 1 heterocycles. The fraction of sp³-hybridized carbons (Fsp3) is 0.345. The topological polar surface area (TPSA) is 63.5 Å². The standard InChI is InChI=1S/C28H33N2.CHF3O3S/c1-20(2)24-15-11-16-25(21(3)4)28(24)29-18-27(23-13-7-6-8-14-23)30(19-29)26-17-10-9-12-22(26)5;2-1(3,4)8(5,6)7/h6-17,19-21,27H,18H2,1-5H3;(H,5,6,7)/q+1;/p-1/t27-;/m1./s1. The lowest BCUT2D eigenvalue weighted by Gasteiger charge is -2.19. The van der Waals surface area contributed by atoms with Crippen molar-refractivity contribution in [2.24, 2.45) is 0 Å². The Kier molecular flexibility index (Phi) is 9.05. The Labute approximate surface area is 223 Å². The average Bonchev–Trinajstić information content (AvgIpc) is 3.28. The Morgan fingerprint density at radius 1 is 0.868 bits per heavy atom. The largest absolute Gasteiger partial charge is 0.741 e. The first kappa shape index (κ1) is 29.4. The Morgan fingerprint density at radius 2 is 1.37 bits per heavy atom. The summed E-state index contributed by atoms with van der Waals surface area (Å²) in [4.78, 5) is 2.46. The first-order valence-electron chi connectivity index (χ1n) is 12.4. The molecule has 1 aliphatic heterocycles. The van der Waals surface area contributed by atoms with Crippen LogP contribution in [-0.4, -0.2) is 35.9 Å². The third-order valence-electron chi connectivity index (χ3n) is 6.46. The third-order valence-corrected chi connectivity index (χ3v) is 7.03. The SMILES string of the molecule is Cc1ccccc1N1C=[N+](c2c(C(C)C)cccc2C(C)C)C[C@@H]1c1ccccc1.O=S(=O)([O-])C(F)(F)F. The van der Waals surface area contributed by atoms with Crippen molar-refractivity contribution in [1.29, 1.82) is 0 Å². The highest BCUT2D eigenvalue weighted by Gasteiger charge is 2.38. The lowest BCUT2D eigenvalue weighted by atomic mass is 9.92. The molecule has 0 aliphatic carbocycles. The number of para-hydroxylation sites is 2. The zero-order chi connectivity index (χ0) is 28.3. The molecule has 0 radical (unpaired) electrons. The second kappa shape index (κ2) is 11.7. The first-order chi connectivity index (χ1) is 17.7. The van der Waals surface area contributed by atoms with Crippen molar-refractivity contribution in [2.75, 3.05) is 11.4 Å². The molecule has 0 unspecified atom stereocenters. The molecule has 0 saturated heterocycles. The van der Waals surface area contributed by atoms with E-state index in [1.807, 2.05) is 0 Å². The zero-order valence-corrected chi connectivity index (χ0v) is 22.9. The maximum absolute atomic E-state index is 10.7. The molecule has 0 saturated carbocycles. The van der Waals surface area contributed by atoms with Gasteiger partial charge in [-0.2, -0.15) is 13.2 Å². The molecule has 204 valence electrons. The van der Waals surface area contributed by atoms with Crippen LogP contribution >= 0.6 is 0 Å². The molecule has 5 nitrogen and oxygen atoms in total. The predicted molar refractivity (Wildman–Crippen MR) is 144 cm³/mol. The van der Waals surface area contributed by atoms with Crippen LogP contribution in [0.4, 0.5) is 24.5 Å². The Morgan fingerprint density at radius 3 is 1.84 bits per heavy atom. The van der Waals surface area contributed by atoms with Gasteiger partial charge in [-0.1, -0.05) is 94.4 Å². The van der Waals surface area contributed by atoms with Gasteiger partial charge in [-0.15, -0.1) is 0 Å². The quantitative estimate of drug-likeness (QED) is 0.192. The summed E-state index contributed by atoms with van der Waals surface area (Å²) in [6.07, 6.45) is 2.34. The molecule has 9 heteroatoms. The van der Waals surface area contributed by atoms with E-state index in [1.54, 1.807) is 0 Å². The van der Waals surface area contributed by atoms with Crippen LogP contribution in [0.5, 0.6) is 0 Å². The van der Waals surface area contributed by atoms with Crippen LogP contribution in [-0.2, 0) is 10.1 Å². The van der Waals surface area contributed by atoms with Crippen molar-refractivity contribution in [2.45, 2.75) is 58.0 Å². The van der Waals surface area contributed by atoms with E-state index in [0.29, 0.717) is 11.8 Å². The molecule has 0 N–H and O–H groups in total. The number of anilines is 1. The number of aryl methyl sites for hydroxylation is 1. The minimum Gasteiger partial charge on any atom is -0.741 e. The van der Waals surface area contributed by atoms with Gasteiger partial charge in [-0.05, 0) is 30.4 Å². The molecule has 4 rings (SSSR count). The smallest absolute Gasteiger partial charge is 0.485 e. The van der Waals surface area contributed by atoms with Crippen LogP contribution in [0.2, 0.25) is 0 Å². The highest BCUT2D eigenvalue weighted by atomic mass is 32.2. The molecular formula is C29H33F3N2O3S.